The minimum Gasteiger partial charge on any atom is -0.389 e. The van der Waals surface area contributed by atoms with Crippen molar-refractivity contribution in [3.05, 3.63) is 24.1 Å². The zero-order valence-corrected chi connectivity index (χ0v) is 10.5. The van der Waals surface area contributed by atoms with Crippen LogP contribution in [-0.2, 0) is 0 Å². The van der Waals surface area contributed by atoms with Gasteiger partial charge in [0.2, 0.25) is 5.95 Å². The molecule has 0 bridgehead atoms. The monoisotopic (exact) mass is 250 g/mol. The largest absolute Gasteiger partial charge is 0.389 e. The van der Waals surface area contributed by atoms with Crippen LogP contribution in [-0.4, -0.2) is 28.8 Å². The molecular formula is C14H19FN2O. The topological polar surface area (TPSA) is 36.4 Å². The summed E-state index contributed by atoms with van der Waals surface area (Å²) in [6, 6.07) is 4.90. The van der Waals surface area contributed by atoms with E-state index >= 15 is 0 Å². The van der Waals surface area contributed by atoms with Gasteiger partial charge < -0.3 is 10.0 Å². The summed E-state index contributed by atoms with van der Waals surface area (Å²) in [5, 5.41) is 10.6. The first-order valence-electron chi connectivity index (χ1n) is 6.77. The van der Waals surface area contributed by atoms with Crippen molar-refractivity contribution < 1.29 is 9.50 Å². The van der Waals surface area contributed by atoms with E-state index < -0.39 is 11.5 Å². The molecule has 0 radical (unpaired) electrons. The molecule has 0 amide bonds. The second kappa shape index (κ2) is 4.50. The van der Waals surface area contributed by atoms with Crippen LogP contribution in [0.15, 0.2) is 18.2 Å². The number of rotatable bonds is 1. The number of halogens is 1. The lowest BCUT2D eigenvalue weighted by Gasteiger charge is -2.47. The van der Waals surface area contributed by atoms with Gasteiger partial charge in [0.25, 0.3) is 0 Å². The zero-order valence-electron chi connectivity index (χ0n) is 10.5. The lowest BCUT2D eigenvalue weighted by Crippen LogP contribution is -2.53. The van der Waals surface area contributed by atoms with E-state index in [2.05, 4.69) is 9.88 Å². The SMILES string of the molecule is OC12CCCCC1CN(c1cccc(F)n1)CC2. The fourth-order valence-electron chi connectivity index (χ4n) is 3.35. The van der Waals surface area contributed by atoms with Gasteiger partial charge in [0.1, 0.15) is 5.82 Å². The van der Waals surface area contributed by atoms with Crippen LogP contribution in [0.1, 0.15) is 32.1 Å². The van der Waals surface area contributed by atoms with Crippen molar-refractivity contribution in [3.8, 4) is 0 Å². The highest BCUT2D eigenvalue weighted by Gasteiger charge is 2.42. The minimum absolute atomic E-state index is 0.310. The maximum atomic E-state index is 13.1. The maximum Gasteiger partial charge on any atom is 0.214 e. The fraction of sp³-hybridized carbons (Fsp3) is 0.643. The Morgan fingerprint density at radius 2 is 2.22 bits per heavy atom. The molecule has 1 saturated heterocycles. The number of piperidine rings is 1. The third kappa shape index (κ3) is 2.09. The Labute approximate surface area is 107 Å². The van der Waals surface area contributed by atoms with Crippen LogP contribution in [0.2, 0.25) is 0 Å². The highest BCUT2D eigenvalue weighted by molar-refractivity contribution is 5.39. The van der Waals surface area contributed by atoms with Gasteiger partial charge in [0, 0.05) is 19.0 Å². The number of aromatic nitrogens is 1. The van der Waals surface area contributed by atoms with E-state index in [4.69, 9.17) is 0 Å². The third-order valence-corrected chi connectivity index (χ3v) is 4.45. The Hall–Kier alpha value is -1.16. The third-order valence-electron chi connectivity index (χ3n) is 4.45. The molecule has 1 aromatic rings. The quantitative estimate of drug-likeness (QED) is 0.777. The highest BCUT2D eigenvalue weighted by atomic mass is 19.1. The number of hydrogen-bond acceptors (Lipinski definition) is 3. The molecule has 2 heterocycles. The molecule has 1 N–H and O–H groups in total. The van der Waals surface area contributed by atoms with Gasteiger partial charge in [0.15, 0.2) is 0 Å². The van der Waals surface area contributed by atoms with Crippen LogP contribution in [0, 0.1) is 11.9 Å². The van der Waals surface area contributed by atoms with Crippen molar-refractivity contribution >= 4 is 5.82 Å². The van der Waals surface area contributed by atoms with Crippen LogP contribution in [0.5, 0.6) is 0 Å². The standard InChI is InChI=1S/C14H19FN2O/c15-12-5-3-6-13(16-12)17-9-8-14(18)7-2-1-4-11(14)10-17/h3,5-6,11,18H,1-2,4,7-10H2. The van der Waals surface area contributed by atoms with Gasteiger partial charge in [-0.2, -0.15) is 4.39 Å². The molecule has 4 heteroatoms. The Morgan fingerprint density at radius 3 is 3.06 bits per heavy atom. The van der Waals surface area contributed by atoms with Gasteiger partial charge in [-0.15, -0.1) is 0 Å². The molecule has 3 nitrogen and oxygen atoms in total. The molecule has 18 heavy (non-hydrogen) atoms. The van der Waals surface area contributed by atoms with Crippen molar-refractivity contribution in [1.82, 2.24) is 4.98 Å². The van der Waals surface area contributed by atoms with Crippen LogP contribution >= 0.6 is 0 Å². The van der Waals surface area contributed by atoms with E-state index in [1.54, 1.807) is 6.07 Å². The first-order chi connectivity index (χ1) is 8.67. The smallest absolute Gasteiger partial charge is 0.214 e. The van der Waals surface area contributed by atoms with Crippen LogP contribution in [0.3, 0.4) is 0 Å². The van der Waals surface area contributed by atoms with Crippen LogP contribution in [0.25, 0.3) is 0 Å². The summed E-state index contributed by atoms with van der Waals surface area (Å²) >= 11 is 0. The van der Waals surface area contributed by atoms with Gasteiger partial charge in [-0.3, -0.25) is 0 Å². The van der Waals surface area contributed by atoms with Gasteiger partial charge in [-0.25, -0.2) is 4.98 Å². The van der Waals surface area contributed by atoms with Gasteiger partial charge >= 0.3 is 0 Å². The second-order valence-electron chi connectivity index (χ2n) is 5.56. The summed E-state index contributed by atoms with van der Waals surface area (Å²) in [6.45, 7) is 1.57. The molecule has 2 atom stereocenters. The van der Waals surface area contributed by atoms with Gasteiger partial charge in [0.05, 0.1) is 5.60 Å². The van der Waals surface area contributed by atoms with Crippen LogP contribution < -0.4 is 4.90 Å². The Morgan fingerprint density at radius 1 is 1.33 bits per heavy atom. The summed E-state index contributed by atoms with van der Waals surface area (Å²) < 4.78 is 13.1. The maximum absolute atomic E-state index is 13.1. The molecular weight excluding hydrogens is 231 g/mol. The Bertz CT molecular complexity index is 440. The second-order valence-corrected chi connectivity index (χ2v) is 5.56. The highest BCUT2D eigenvalue weighted by Crippen LogP contribution is 2.40. The number of aliphatic hydroxyl groups is 1. The molecule has 98 valence electrons. The van der Waals surface area contributed by atoms with E-state index in [1.165, 1.54) is 12.5 Å². The number of hydrogen-bond donors (Lipinski definition) is 1. The molecule has 2 aliphatic rings. The first kappa shape index (κ1) is 11.9. The van der Waals surface area contributed by atoms with Crippen LogP contribution in [0.4, 0.5) is 10.2 Å². The molecule has 0 aromatic carbocycles. The summed E-state index contributed by atoms with van der Waals surface area (Å²) in [5.41, 5.74) is -0.484. The normalized spacial score (nSPS) is 32.1. The van der Waals surface area contributed by atoms with E-state index in [9.17, 15) is 9.50 Å². The molecule has 2 fully saturated rings. The van der Waals surface area contributed by atoms with E-state index in [0.717, 1.165) is 38.8 Å². The number of anilines is 1. The van der Waals surface area contributed by atoms with Crippen molar-refractivity contribution in [2.45, 2.75) is 37.7 Å². The Kier molecular flexibility index (Phi) is 2.98. The van der Waals surface area contributed by atoms with Crippen molar-refractivity contribution in [2.75, 3.05) is 18.0 Å². The van der Waals surface area contributed by atoms with Crippen molar-refractivity contribution in [1.29, 1.82) is 0 Å². The molecule has 1 aromatic heterocycles. The average Bonchev–Trinajstić information content (AvgIpc) is 2.37. The molecule has 1 aliphatic carbocycles. The predicted octanol–water partition coefficient (Wildman–Crippen LogP) is 2.35. The minimum atomic E-state index is -0.484. The average molecular weight is 250 g/mol. The lowest BCUT2D eigenvalue weighted by atomic mass is 9.71. The first-order valence-corrected chi connectivity index (χ1v) is 6.77. The van der Waals surface area contributed by atoms with Gasteiger partial charge in [-0.1, -0.05) is 18.9 Å². The summed E-state index contributed by atoms with van der Waals surface area (Å²) in [7, 11) is 0. The molecule has 1 saturated carbocycles. The van der Waals surface area contributed by atoms with E-state index in [0.29, 0.717) is 11.7 Å². The van der Waals surface area contributed by atoms with Crippen molar-refractivity contribution in [2.24, 2.45) is 5.92 Å². The number of fused-ring (bicyclic) bond motifs is 1. The van der Waals surface area contributed by atoms with Crippen molar-refractivity contribution in [3.63, 3.8) is 0 Å². The lowest BCUT2D eigenvalue weighted by molar-refractivity contribution is -0.0613. The molecule has 1 aliphatic heterocycles. The number of nitrogens with zero attached hydrogens (tertiary/aromatic N) is 2. The molecule has 3 rings (SSSR count). The van der Waals surface area contributed by atoms with E-state index in [1.807, 2.05) is 6.07 Å². The van der Waals surface area contributed by atoms with Gasteiger partial charge in [-0.05, 0) is 31.4 Å². The Balaban J connectivity index is 1.77. The summed E-state index contributed by atoms with van der Waals surface area (Å²) in [5.74, 6) is 0.574. The summed E-state index contributed by atoms with van der Waals surface area (Å²) in [4.78, 5) is 6.04. The molecule has 2 unspecified atom stereocenters. The molecule has 0 spiro atoms. The zero-order chi connectivity index (χ0) is 12.6. The predicted molar refractivity (Wildman–Crippen MR) is 67.9 cm³/mol. The fourth-order valence-corrected chi connectivity index (χ4v) is 3.35. The number of pyridine rings is 1. The summed E-state index contributed by atoms with van der Waals surface area (Å²) in [6.07, 6.45) is 5.09. The van der Waals surface area contributed by atoms with E-state index in [-0.39, 0.29) is 0 Å².